The van der Waals surface area contributed by atoms with Crippen LogP contribution in [0.4, 0.5) is 5.69 Å². The highest BCUT2D eigenvalue weighted by Crippen LogP contribution is 2.11. The summed E-state index contributed by atoms with van der Waals surface area (Å²) in [5.74, 6) is -0.0363. The predicted octanol–water partition coefficient (Wildman–Crippen LogP) is 0.966. The van der Waals surface area contributed by atoms with Crippen LogP contribution in [0.1, 0.15) is 12.5 Å². The Balaban J connectivity index is 2.55. The van der Waals surface area contributed by atoms with Crippen LogP contribution in [0.3, 0.4) is 0 Å². The second kappa shape index (κ2) is 7.35. The van der Waals surface area contributed by atoms with E-state index in [1.807, 2.05) is 19.1 Å². The largest absolute Gasteiger partial charge is 0.381 e. The summed E-state index contributed by atoms with van der Waals surface area (Å²) in [6.45, 7) is 3.13. The number of nitrogens with two attached hydrogens (primary N) is 1. The highest BCUT2D eigenvalue weighted by atomic mass is 32.2. The van der Waals surface area contributed by atoms with Crippen molar-refractivity contribution >= 4 is 15.7 Å². The second-order valence-electron chi connectivity index (χ2n) is 3.85. The van der Waals surface area contributed by atoms with Crippen molar-refractivity contribution < 1.29 is 13.2 Å². The number of rotatable bonds is 8. The van der Waals surface area contributed by atoms with E-state index in [2.05, 4.69) is 4.72 Å². The maximum absolute atomic E-state index is 11.7. The molecule has 18 heavy (non-hydrogen) atoms. The lowest BCUT2D eigenvalue weighted by atomic mass is 10.1. The summed E-state index contributed by atoms with van der Waals surface area (Å²) in [5.41, 5.74) is 7.10. The summed E-state index contributed by atoms with van der Waals surface area (Å²) in [4.78, 5) is 0. The fourth-order valence-electron chi connectivity index (χ4n) is 1.45. The van der Waals surface area contributed by atoms with E-state index >= 15 is 0 Å². The van der Waals surface area contributed by atoms with Crippen LogP contribution in [-0.4, -0.2) is 33.9 Å². The van der Waals surface area contributed by atoms with Crippen molar-refractivity contribution in [3.63, 3.8) is 0 Å². The van der Waals surface area contributed by atoms with Gasteiger partial charge in [-0.2, -0.15) is 0 Å². The third-order valence-corrected chi connectivity index (χ3v) is 3.61. The van der Waals surface area contributed by atoms with Gasteiger partial charge in [-0.25, -0.2) is 8.42 Å². The molecule has 3 N–H and O–H groups in total. The lowest BCUT2D eigenvalue weighted by Gasteiger charge is -2.08. The Morgan fingerprint density at radius 3 is 2.50 bits per heavy atom. The molecule has 0 fully saturated rings. The molecule has 6 heteroatoms. The van der Waals surface area contributed by atoms with Crippen molar-refractivity contribution in [3.05, 3.63) is 29.8 Å². The minimum atomic E-state index is -3.33. The maximum atomic E-state index is 11.7. The monoisotopic (exact) mass is 272 g/mol. The third-order valence-electron chi connectivity index (χ3n) is 2.36. The van der Waals surface area contributed by atoms with Gasteiger partial charge < -0.3 is 10.5 Å². The lowest BCUT2D eigenvalue weighted by Crippen LogP contribution is -2.20. The molecule has 0 atom stereocenters. The van der Waals surface area contributed by atoms with E-state index < -0.39 is 10.0 Å². The summed E-state index contributed by atoms with van der Waals surface area (Å²) in [6, 6.07) is 7.22. The number of nitrogens with one attached hydrogen (secondary N) is 1. The molecular formula is C12H20N2O3S. The number of sulfonamides is 1. The summed E-state index contributed by atoms with van der Waals surface area (Å²) < 4.78 is 30.9. The van der Waals surface area contributed by atoms with Crippen LogP contribution >= 0.6 is 0 Å². The van der Waals surface area contributed by atoms with Gasteiger partial charge in [-0.3, -0.25) is 4.72 Å². The molecule has 0 saturated carbocycles. The Kier molecular flexibility index (Phi) is 6.11. The Labute approximate surface area is 108 Å². The summed E-state index contributed by atoms with van der Waals surface area (Å²) in [6.07, 6.45) is 0.789. The van der Waals surface area contributed by atoms with E-state index in [1.165, 1.54) is 0 Å². The SMILES string of the molecule is CCOCCS(=O)(=O)Nc1ccc(CCN)cc1. The average Bonchev–Trinajstić information content (AvgIpc) is 2.32. The fourth-order valence-corrected chi connectivity index (χ4v) is 2.38. The molecule has 0 aromatic heterocycles. The highest BCUT2D eigenvalue weighted by molar-refractivity contribution is 7.92. The molecule has 1 aromatic rings. The van der Waals surface area contributed by atoms with E-state index in [4.69, 9.17) is 10.5 Å². The summed E-state index contributed by atoms with van der Waals surface area (Å²) in [5, 5.41) is 0. The smallest absolute Gasteiger partial charge is 0.234 e. The van der Waals surface area contributed by atoms with Crippen molar-refractivity contribution in [1.29, 1.82) is 0 Å². The minimum Gasteiger partial charge on any atom is -0.381 e. The standard InChI is InChI=1S/C12H20N2O3S/c1-2-17-9-10-18(15,16)14-12-5-3-11(4-6-12)7-8-13/h3-6,14H,2,7-10,13H2,1H3. The molecule has 0 aliphatic carbocycles. The van der Waals surface area contributed by atoms with Gasteiger partial charge >= 0.3 is 0 Å². The molecule has 102 valence electrons. The molecule has 0 spiro atoms. The van der Waals surface area contributed by atoms with Crippen LogP contribution in [0.2, 0.25) is 0 Å². The quantitative estimate of drug-likeness (QED) is 0.691. The molecule has 0 aliphatic rings. The van der Waals surface area contributed by atoms with Crippen LogP contribution in [0, 0.1) is 0 Å². The van der Waals surface area contributed by atoms with Crippen LogP contribution in [-0.2, 0) is 21.2 Å². The van der Waals surface area contributed by atoms with Crippen LogP contribution in [0.15, 0.2) is 24.3 Å². The molecular weight excluding hydrogens is 252 g/mol. The molecule has 1 aromatic carbocycles. The van der Waals surface area contributed by atoms with Gasteiger partial charge in [0.15, 0.2) is 0 Å². The third kappa shape index (κ3) is 5.48. The van der Waals surface area contributed by atoms with Crippen LogP contribution in [0.25, 0.3) is 0 Å². The van der Waals surface area contributed by atoms with E-state index in [0.717, 1.165) is 12.0 Å². The number of anilines is 1. The molecule has 0 unspecified atom stereocenters. The Hall–Kier alpha value is -1.11. The van der Waals surface area contributed by atoms with Gasteiger partial charge in [0.05, 0.1) is 12.4 Å². The first-order chi connectivity index (χ1) is 8.57. The van der Waals surface area contributed by atoms with Crippen molar-refractivity contribution in [2.24, 2.45) is 5.73 Å². The van der Waals surface area contributed by atoms with E-state index in [-0.39, 0.29) is 12.4 Å². The van der Waals surface area contributed by atoms with Crippen molar-refractivity contribution in [2.45, 2.75) is 13.3 Å². The first kappa shape index (κ1) is 14.9. The normalized spacial score (nSPS) is 11.4. The van der Waals surface area contributed by atoms with Gasteiger partial charge in [-0.15, -0.1) is 0 Å². The fraction of sp³-hybridized carbons (Fsp3) is 0.500. The van der Waals surface area contributed by atoms with Gasteiger partial charge in [0, 0.05) is 12.3 Å². The molecule has 0 amide bonds. The Bertz CT molecular complexity index is 443. The minimum absolute atomic E-state index is 0.0363. The molecule has 0 aliphatic heterocycles. The Morgan fingerprint density at radius 1 is 1.28 bits per heavy atom. The topological polar surface area (TPSA) is 81.4 Å². The van der Waals surface area contributed by atoms with E-state index in [9.17, 15) is 8.42 Å². The van der Waals surface area contributed by atoms with Gasteiger partial charge in [-0.05, 0) is 37.6 Å². The second-order valence-corrected chi connectivity index (χ2v) is 5.70. The first-order valence-corrected chi connectivity index (χ1v) is 7.60. The van der Waals surface area contributed by atoms with E-state index in [1.54, 1.807) is 12.1 Å². The maximum Gasteiger partial charge on any atom is 0.234 e. The molecule has 0 bridgehead atoms. The first-order valence-electron chi connectivity index (χ1n) is 5.94. The summed E-state index contributed by atoms with van der Waals surface area (Å²) in [7, 11) is -3.33. The van der Waals surface area contributed by atoms with Crippen molar-refractivity contribution in [1.82, 2.24) is 0 Å². The average molecular weight is 272 g/mol. The highest BCUT2D eigenvalue weighted by Gasteiger charge is 2.09. The van der Waals surface area contributed by atoms with Crippen molar-refractivity contribution in [2.75, 3.05) is 30.2 Å². The molecule has 5 nitrogen and oxygen atoms in total. The van der Waals surface area contributed by atoms with Gasteiger partial charge in [0.25, 0.3) is 0 Å². The number of benzene rings is 1. The molecule has 1 rings (SSSR count). The van der Waals surface area contributed by atoms with Gasteiger partial charge in [0.1, 0.15) is 0 Å². The molecule has 0 saturated heterocycles. The van der Waals surface area contributed by atoms with Crippen LogP contribution in [0.5, 0.6) is 0 Å². The van der Waals surface area contributed by atoms with Gasteiger partial charge in [0.2, 0.25) is 10.0 Å². The summed E-state index contributed by atoms with van der Waals surface area (Å²) >= 11 is 0. The van der Waals surface area contributed by atoms with Crippen LogP contribution < -0.4 is 10.5 Å². The van der Waals surface area contributed by atoms with Gasteiger partial charge in [-0.1, -0.05) is 12.1 Å². The zero-order valence-corrected chi connectivity index (χ0v) is 11.4. The lowest BCUT2D eigenvalue weighted by molar-refractivity contribution is 0.163. The van der Waals surface area contributed by atoms with E-state index in [0.29, 0.717) is 18.8 Å². The number of hydrogen-bond acceptors (Lipinski definition) is 4. The predicted molar refractivity (Wildman–Crippen MR) is 73.1 cm³/mol. The zero-order valence-electron chi connectivity index (χ0n) is 10.6. The van der Waals surface area contributed by atoms with Crippen molar-refractivity contribution in [3.8, 4) is 0 Å². The Morgan fingerprint density at radius 2 is 1.94 bits per heavy atom. The molecule has 0 radical (unpaired) electrons. The number of hydrogen-bond donors (Lipinski definition) is 2. The zero-order chi connectivity index (χ0) is 13.4. The molecule has 0 heterocycles. The number of ether oxygens (including phenoxy) is 1.